The van der Waals surface area contributed by atoms with Crippen LogP contribution < -0.4 is 5.32 Å². The fraction of sp³-hybridized carbons (Fsp3) is 0.276. The fourth-order valence-corrected chi connectivity index (χ4v) is 6.36. The van der Waals surface area contributed by atoms with E-state index in [4.69, 9.17) is 9.47 Å². The lowest BCUT2D eigenvalue weighted by molar-refractivity contribution is -0.149. The van der Waals surface area contributed by atoms with E-state index in [9.17, 15) is 22.8 Å². The first kappa shape index (κ1) is 28.0. The predicted octanol–water partition coefficient (Wildman–Crippen LogP) is 3.10. The molecule has 204 valence electrons. The lowest BCUT2D eigenvalue weighted by atomic mass is 10.1. The molecular formula is C29H30N2O7S. The Balaban J connectivity index is 1.54. The molecule has 1 amide bonds. The van der Waals surface area contributed by atoms with Gasteiger partial charge < -0.3 is 14.8 Å². The molecule has 1 fully saturated rings. The summed E-state index contributed by atoms with van der Waals surface area (Å²) >= 11 is 0. The molecule has 1 aliphatic rings. The summed E-state index contributed by atoms with van der Waals surface area (Å²) in [5, 5.41) is 2.73. The van der Waals surface area contributed by atoms with Crippen molar-refractivity contribution in [3.63, 3.8) is 0 Å². The zero-order valence-corrected chi connectivity index (χ0v) is 22.3. The van der Waals surface area contributed by atoms with Crippen molar-refractivity contribution < 1.29 is 32.3 Å². The van der Waals surface area contributed by atoms with Gasteiger partial charge in [-0.25, -0.2) is 18.0 Å². The van der Waals surface area contributed by atoms with E-state index in [-0.39, 0.29) is 36.5 Å². The Morgan fingerprint density at radius 2 is 1.54 bits per heavy atom. The Hall–Kier alpha value is -4.02. The van der Waals surface area contributed by atoms with Gasteiger partial charge in [-0.1, -0.05) is 72.8 Å². The maximum absolute atomic E-state index is 13.6. The second kappa shape index (κ2) is 12.7. The monoisotopic (exact) mass is 550 g/mol. The van der Waals surface area contributed by atoms with E-state index >= 15 is 0 Å². The molecule has 3 aromatic carbocycles. The third kappa shape index (κ3) is 6.71. The van der Waals surface area contributed by atoms with Crippen LogP contribution in [0.3, 0.4) is 0 Å². The highest BCUT2D eigenvalue weighted by atomic mass is 32.2. The molecule has 1 N–H and O–H groups in total. The average Bonchev–Trinajstić information content (AvgIpc) is 3.48. The first-order valence-electron chi connectivity index (χ1n) is 12.6. The van der Waals surface area contributed by atoms with Gasteiger partial charge in [-0.15, -0.1) is 0 Å². The quantitative estimate of drug-likeness (QED) is 0.385. The molecule has 1 aliphatic heterocycles. The predicted molar refractivity (Wildman–Crippen MR) is 143 cm³/mol. The van der Waals surface area contributed by atoms with Crippen LogP contribution in [0.5, 0.6) is 0 Å². The molecule has 4 rings (SSSR count). The molecule has 0 saturated carbocycles. The van der Waals surface area contributed by atoms with Crippen molar-refractivity contribution >= 4 is 27.9 Å². The van der Waals surface area contributed by atoms with Crippen LogP contribution in [-0.2, 0) is 42.1 Å². The summed E-state index contributed by atoms with van der Waals surface area (Å²) in [6.45, 7) is 0.132. The number of carbonyl (C=O) groups excluding carboxylic acids is 3. The summed E-state index contributed by atoms with van der Waals surface area (Å²) in [5.74, 6) is -2.03. The lowest BCUT2D eigenvalue weighted by Gasteiger charge is -2.26. The summed E-state index contributed by atoms with van der Waals surface area (Å²) in [6.07, 6.45) is 0.882. The number of nitrogens with one attached hydrogen (secondary N) is 1. The minimum Gasteiger partial charge on any atom is -0.465 e. The molecule has 0 spiro atoms. The summed E-state index contributed by atoms with van der Waals surface area (Å²) in [4.78, 5) is 38.6. The van der Waals surface area contributed by atoms with Crippen molar-refractivity contribution in [3.8, 4) is 0 Å². The van der Waals surface area contributed by atoms with Crippen molar-refractivity contribution in [2.24, 2.45) is 0 Å². The lowest BCUT2D eigenvalue weighted by Crippen LogP contribution is -2.51. The number of hydrogen-bond donors (Lipinski definition) is 1. The molecule has 0 bridgehead atoms. The number of benzene rings is 3. The van der Waals surface area contributed by atoms with Crippen molar-refractivity contribution in [2.75, 3.05) is 13.7 Å². The van der Waals surface area contributed by atoms with Crippen LogP contribution in [-0.4, -0.2) is 56.3 Å². The maximum Gasteiger partial charge on any atom is 0.339 e. The molecular weight excluding hydrogens is 520 g/mol. The van der Waals surface area contributed by atoms with E-state index in [1.165, 1.54) is 31.4 Å². The van der Waals surface area contributed by atoms with Crippen LogP contribution in [0, 0.1) is 0 Å². The van der Waals surface area contributed by atoms with E-state index in [0.717, 1.165) is 15.4 Å². The van der Waals surface area contributed by atoms with E-state index in [2.05, 4.69) is 5.32 Å². The number of nitrogens with zero attached hydrogens (tertiary/aromatic N) is 1. The fourth-order valence-electron chi connectivity index (χ4n) is 4.53. The van der Waals surface area contributed by atoms with Gasteiger partial charge in [-0.2, -0.15) is 4.31 Å². The molecule has 9 nitrogen and oxygen atoms in total. The van der Waals surface area contributed by atoms with E-state index in [1.807, 2.05) is 60.7 Å². The third-order valence-electron chi connectivity index (χ3n) is 6.49. The van der Waals surface area contributed by atoms with Crippen molar-refractivity contribution in [2.45, 2.75) is 42.8 Å². The normalized spacial score (nSPS) is 16.3. The van der Waals surface area contributed by atoms with Crippen LogP contribution in [0.1, 0.15) is 34.3 Å². The number of esters is 2. The third-order valence-corrected chi connectivity index (χ3v) is 8.46. The van der Waals surface area contributed by atoms with Crippen LogP contribution in [0.25, 0.3) is 0 Å². The number of amides is 1. The Labute approximate surface area is 227 Å². The molecule has 39 heavy (non-hydrogen) atoms. The average molecular weight is 551 g/mol. The van der Waals surface area contributed by atoms with Gasteiger partial charge in [0.25, 0.3) is 0 Å². The van der Waals surface area contributed by atoms with Crippen LogP contribution in [0.2, 0.25) is 0 Å². The molecule has 10 heteroatoms. The summed E-state index contributed by atoms with van der Waals surface area (Å²) in [7, 11) is -3.06. The zero-order chi connectivity index (χ0) is 27.8. The van der Waals surface area contributed by atoms with E-state index in [1.54, 1.807) is 0 Å². The number of hydrogen-bond acceptors (Lipinski definition) is 7. The van der Waals surface area contributed by atoms with Gasteiger partial charge >= 0.3 is 11.9 Å². The van der Waals surface area contributed by atoms with Crippen molar-refractivity contribution in [1.29, 1.82) is 0 Å². The highest BCUT2D eigenvalue weighted by Gasteiger charge is 2.42. The van der Waals surface area contributed by atoms with Crippen LogP contribution >= 0.6 is 0 Å². The van der Waals surface area contributed by atoms with Crippen LogP contribution in [0.4, 0.5) is 0 Å². The largest absolute Gasteiger partial charge is 0.465 e. The second-order valence-electron chi connectivity index (χ2n) is 9.11. The topological polar surface area (TPSA) is 119 Å². The molecule has 1 heterocycles. The molecule has 0 unspecified atom stereocenters. The molecule has 1 saturated heterocycles. The van der Waals surface area contributed by atoms with E-state index in [0.29, 0.717) is 6.42 Å². The highest BCUT2D eigenvalue weighted by molar-refractivity contribution is 7.89. The van der Waals surface area contributed by atoms with Gasteiger partial charge in [0.1, 0.15) is 18.7 Å². The Morgan fingerprint density at radius 3 is 2.21 bits per heavy atom. The molecule has 0 aromatic heterocycles. The number of rotatable bonds is 10. The van der Waals surface area contributed by atoms with Gasteiger partial charge in [0.05, 0.1) is 17.6 Å². The number of methoxy groups -OCH3 is 1. The first-order chi connectivity index (χ1) is 18.8. The molecule has 0 aliphatic carbocycles. The zero-order valence-electron chi connectivity index (χ0n) is 21.5. The Morgan fingerprint density at radius 1 is 0.923 bits per heavy atom. The molecule has 2 atom stereocenters. The number of ether oxygens (including phenoxy) is 2. The minimum atomic E-state index is -4.22. The summed E-state index contributed by atoms with van der Waals surface area (Å²) < 4.78 is 38.6. The van der Waals surface area contributed by atoms with Crippen LogP contribution in [0.15, 0.2) is 89.8 Å². The summed E-state index contributed by atoms with van der Waals surface area (Å²) in [6, 6.07) is 22.0. The van der Waals surface area contributed by atoms with Crippen molar-refractivity contribution in [1.82, 2.24) is 9.62 Å². The second-order valence-corrected chi connectivity index (χ2v) is 11.0. The van der Waals surface area contributed by atoms with Gasteiger partial charge in [-0.3, -0.25) is 4.79 Å². The van der Waals surface area contributed by atoms with Crippen molar-refractivity contribution in [3.05, 3.63) is 102 Å². The molecule has 3 aromatic rings. The SMILES string of the molecule is COC(=O)c1ccccc1S(=O)(=O)N1CCC[C@H]1C(=O)N[C@@H](Cc1ccccc1)C(=O)OCc1ccccc1. The van der Waals surface area contributed by atoms with Gasteiger partial charge in [0, 0.05) is 13.0 Å². The van der Waals surface area contributed by atoms with Gasteiger partial charge in [0.15, 0.2) is 0 Å². The first-order valence-corrected chi connectivity index (χ1v) is 14.0. The highest BCUT2D eigenvalue weighted by Crippen LogP contribution is 2.28. The summed E-state index contributed by atoms with van der Waals surface area (Å²) in [5.41, 5.74) is 1.49. The minimum absolute atomic E-state index is 0.0368. The van der Waals surface area contributed by atoms with Gasteiger partial charge in [0.2, 0.25) is 15.9 Å². The maximum atomic E-state index is 13.6. The number of carbonyl (C=O) groups is 3. The molecule has 0 radical (unpaired) electrons. The Kier molecular flexibility index (Phi) is 9.11. The Bertz CT molecular complexity index is 1410. The smallest absolute Gasteiger partial charge is 0.339 e. The number of sulfonamides is 1. The standard InChI is InChI=1S/C29H30N2O7S/c1-37-28(33)23-15-8-9-17-26(23)39(35,36)31-18-10-16-25(31)27(32)30-24(19-21-11-4-2-5-12-21)29(34)38-20-22-13-6-3-7-14-22/h2-9,11-15,17,24-25H,10,16,18-20H2,1H3,(H,30,32)/t24-,25-/m0/s1. The van der Waals surface area contributed by atoms with E-state index < -0.39 is 40.0 Å². The van der Waals surface area contributed by atoms with Gasteiger partial charge in [-0.05, 0) is 36.1 Å².